The number of anilines is 1. The fourth-order valence-electron chi connectivity index (χ4n) is 5.17. The van der Waals surface area contributed by atoms with Gasteiger partial charge >= 0.3 is 6.09 Å². The number of amides is 3. The van der Waals surface area contributed by atoms with E-state index in [1.165, 1.54) is 11.3 Å². The first-order valence-electron chi connectivity index (χ1n) is 14.2. The second kappa shape index (κ2) is 10.8. The molecule has 4 heterocycles. The van der Waals surface area contributed by atoms with Crippen LogP contribution in [0.15, 0.2) is 54.6 Å². The van der Waals surface area contributed by atoms with Crippen molar-refractivity contribution in [3.05, 3.63) is 76.4 Å². The highest BCUT2D eigenvalue weighted by molar-refractivity contribution is 7.17. The van der Waals surface area contributed by atoms with Crippen molar-refractivity contribution in [1.29, 1.82) is 0 Å². The number of fused-ring (bicyclic) bond motifs is 3. The third-order valence-corrected chi connectivity index (χ3v) is 8.60. The number of pyridine rings is 1. The van der Waals surface area contributed by atoms with Crippen LogP contribution in [0.4, 0.5) is 10.5 Å². The molecule has 3 aliphatic rings. The van der Waals surface area contributed by atoms with Gasteiger partial charge in [0.1, 0.15) is 11.3 Å². The van der Waals surface area contributed by atoms with Gasteiger partial charge in [-0.2, -0.15) is 0 Å². The number of nitrogens with one attached hydrogen (secondary N) is 1. The molecular weight excluding hydrogens is 536 g/mol. The Balaban J connectivity index is 1.22. The average molecular weight is 571 g/mol. The standard InChI is InChI=1S/C32H34N4O4S/c1-32(2,3)40-31(39)35-16-13-20(14-17-35)24-8-6-9-25(34-24)30(38)36-18-15-21-19-27(29(37)33-22-11-12-22)41-28(21)23-7-4-5-10-26(23)36/h4-10,13,19,22H,11-12,14-18H2,1-3H3,(H,33,37). The van der Waals surface area contributed by atoms with Gasteiger partial charge in [0.15, 0.2) is 0 Å². The Labute approximate surface area is 244 Å². The third-order valence-electron chi connectivity index (χ3n) is 7.39. The Morgan fingerprint density at radius 1 is 1.02 bits per heavy atom. The average Bonchev–Trinajstić information content (AvgIpc) is 3.70. The molecule has 8 nitrogen and oxygen atoms in total. The fraction of sp³-hybridized carbons (Fsp3) is 0.375. The zero-order valence-corrected chi connectivity index (χ0v) is 24.4. The molecule has 2 aromatic heterocycles. The lowest BCUT2D eigenvalue weighted by Gasteiger charge is -2.29. The van der Waals surface area contributed by atoms with E-state index in [9.17, 15) is 14.4 Å². The van der Waals surface area contributed by atoms with Gasteiger partial charge in [0.25, 0.3) is 11.8 Å². The number of ether oxygens (including phenoxy) is 1. The van der Waals surface area contributed by atoms with Crippen LogP contribution < -0.4 is 10.2 Å². The number of carbonyl (C=O) groups is 3. The van der Waals surface area contributed by atoms with Crippen LogP contribution in [-0.4, -0.2) is 59.1 Å². The zero-order chi connectivity index (χ0) is 28.7. The van der Waals surface area contributed by atoms with Gasteiger partial charge in [-0.25, -0.2) is 9.78 Å². The summed E-state index contributed by atoms with van der Waals surface area (Å²) in [5.74, 6) is -0.170. The maximum atomic E-state index is 13.9. The molecule has 0 bridgehead atoms. The molecule has 1 aromatic carbocycles. The van der Waals surface area contributed by atoms with Crippen molar-refractivity contribution in [1.82, 2.24) is 15.2 Å². The minimum atomic E-state index is -0.541. The van der Waals surface area contributed by atoms with Crippen LogP contribution in [0, 0.1) is 0 Å². The van der Waals surface area contributed by atoms with Gasteiger partial charge < -0.3 is 19.9 Å². The maximum absolute atomic E-state index is 13.9. The summed E-state index contributed by atoms with van der Waals surface area (Å²) in [6.07, 6.45) is 5.04. The van der Waals surface area contributed by atoms with E-state index < -0.39 is 5.60 Å². The molecule has 1 N–H and O–H groups in total. The van der Waals surface area contributed by atoms with Crippen molar-refractivity contribution in [2.45, 2.75) is 58.1 Å². The van der Waals surface area contributed by atoms with Crippen LogP contribution in [-0.2, 0) is 11.2 Å². The molecule has 0 spiro atoms. The van der Waals surface area contributed by atoms with Crippen molar-refractivity contribution in [3.8, 4) is 10.4 Å². The molecule has 0 unspecified atom stereocenters. The van der Waals surface area contributed by atoms with Gasteiger partial charge in [-0.05, 0) is 81.9 Å². The monoisotopic (exact) mass is 570 g/mol. The minimum absolute atomic E-state index is 0.0109. The lowest BCUT2D eigenvalue weighted by atomic mass is 10.0. The van der Waals surface area contributed by atoms with E-state index in [2.05, 4.69) is 5.32 Å². The number of benzene rings is 1. The highest BCUT2D eigenvalue weighted by atomic mass is 32.1. The molecule has 0 atom stereocenters. The third kappa shape index (κ3) is 5.91. The van der Waals surface area contributed by atoms with E-state index in [1.807, 2.05) is 69.3 Å². The van der Waals surface area contributed by atoms with Gasteiger partial charge in [-0.1, -0.05) is 30.3 Å². The molecule has 1 aliphatic carbocycles. The highest BCUT2D eigenvalue weighted by Gasteiger charge is 2.30. The SMILES string of the molecule is CC(C)(C)OC(=O)N1CC=C(c2cccc(C(=O)N3CCc4cc(C(=O)NC5CC5)sc4-c4ccccc43)n2)CC1. The Hall–Kier alpha value is -3.98. The van der Waals surface area contributed by atoms with E-state index in [0.717, 1.165) is 50.7 Å². The molecule has 0 radical (unpaired) electrons. The smallest absolute Gasteiger partial charge is 0.410 e. The largest absolute Gasteiger partial charge is 0.444 e. The highest BCUT2D eigenvalue weighted by Crippen LogP contribution is 2.42. The quantitative estimate of drug-likeness (QED) is 0.420. The second-order valence-corrected chi connectivity index (χ2v) is 12.8. The first kappa shape index (κ1) is 27.2. The molecule has 0 saturated heterocycles. The summed E-state index contributed by atoms with van der Waals surface area (Å²) in [5, 5.41) is 3.08. The molecule has 212 valence electrons. The molecule has 1 fully saturated rings. The minimum Gasteiger partial charge on any atom is -0.444 e. The summed E-state index contributed by atoms with van der Waals surface area (Å²) in [6, 6.07) is 15.7. The van der Waals surface area contributed by atoms with Crippen LogP contribution in [0.25, 0.3) is 16.0 Å². The van der Waals surface area contributed by atoms with E-state index in [4.69, 9.17) is 9.72 Å². The predicted molar refractivity (Wildman–Crippen MR) is 160 cm³/mol. The van der Waals surface area contributed by atoms with Crippen LogP contribution in [0.2, 0.25) is 0 Å². The Morgan fingerprint density at radius 3 is 2.56 bits per heavy atom. The summed E-state index contributed by atoms with van der Waals surface area (Å²) in [5.41, 5.74) is 4.45. The van der Waals surface area contributed by atoms with Crippen molar-refractivity contribution in [3.63, 3.8) is 0 Å². The van der Waals surface area contributed by atoms with Gasteiger partial charge in [-0.3, -0.25) is 9.59 Å². The Kier molecular flexibility index (Phi) is 7.15. The molecule has 3 amide bonds. The van der Waals surface area contributed by atoms with E-state index in [-0.39, 0.29) is 17.9 Å². The summed E-state index contributed by atoms with van der Waals surface area (Å²) in [7, 11) is 0. The first-order chi connectivity index (χ1) is 19.7. The topological polar surface area (TPSA) is 91.8 Å². The first-order valence-corrected chi connectivity index (χ1v) is 15.0. The number of rotatable bonds is 4. The van der Waals surface area contributed by atoms with Crippen molar-refractivity contribution in [2.24, 2.45) is 0 Å². The number of para-hydroxylation sites is 1. The summed E-state index contributed by atoms with van der Waals surface area (Å²) in [6.45, 7) is 7.03. The Bertz CT molecular complexity index is 1550. The second-order valence-electron chi connectivity index (χ2n) is 11.8. The molecular formula is C32H34N4O4S. The number of aromatic nitrogens is 1. The van der Waals surface area contributed by atoms with Crippen LogP contribution in [0.1, 0.15) is 71.5 Å². The Morgan fingerprint density at radius 2 is 1.83 bits per heavy atom. The predicted octanol–water partition coefficient (Wildman–Crippen LogP) is 5.93. The van der Waals surface area contributed by atoms with Crippen LogP contribution in [0.3, 0.4) is 0 Å². The van der Waals surface area contributed by atoms with E-state index in [1.54, 1.807) is 15.9 Å². The van der Waals surface area contributed by atoms with Gasteiger partial charge in [0, 0.05) is 36.1 Å². The van der Waals surface area contributed by atoms with Crippen molar-refractivity contribution < 1.29 is 19.1 Å². The fourth-order valence-corrected chi connectivity index (χ4v) is 6.32. The molecule has 6 rings (SSSR count). The normalized spacial score (nSPS) is 16.7. The van der Waals surface area contributed by atoms with Crippen LogP contribution in [0.5, 0.6) is 0 Å². The molecule has 2 aliphatic heterocycles. The summed E-state index contributed by atoms with van der Waals surface area (Å²) >= 11 is 1.49. The van der Waals surface area contributed by atoms with Crippen molar-refractivity contribution >= 4 is 40.5 Å². The lowest BCUT2D eigenvalue weighted by molar-refractivity contribution is 0.0270. The van der Waals surface area contributed by atoms with E-state index >= 15 is 0 Å². The molecule has 3 aromatic rings. The summed E-state index contributed by atoms with van der Waals surface area (Å²) in [4.78, 5) is 49.1. The van der Waals surface area contributed by atoms with Crippen molar-refractivity contribution in [2.75, 3.05) is 24.5 Å². The molecule has 41 heavy (non-hydrogen) atoms. The summed E-state index contributed by atoms with van der Waals surface area (Å²) < 4.78 is 5.50. The molecule has 9 heteroatoms. The number of thiophene rings is 1. The zero-order valence-electron chi connectivity index (χ0n) is 23.6. The van der Waals surface area contributed by atoms with Crippen LogP contribution >= 0.6 is 11.3 Å². The number of nitrogens with zero attached hydrogens (tertiary/aromatic N) is 3. The maximum Gasteiger partial charge on any atom is 0.410 e. The van der Waals surface area contributed by atoms with Gasteiger partial charge in [0.05, 0.1) is 16.3 Å². The lowest BCUT2D eigenvalue weighted by Crippen LogP contribution is -2.39. The number of hydrogen-bond acceptors (Lipinski definition) is 6. The van der Waals surface area contributed by atoms with E-state index in [0.29, 0.717) is 44.2 Å². The van der Waals surface area contributed by atoms with Gasteiger partial charge in [-0.15, -0.1) is 11.3 Å². The van der Waals surface area contributed by atoms with Gasteiger partial charge in [0.2, 0.25) is 0 Å². The number of hydrogen-bond donors (Lipinski definition) is 1. The number of carbonyl (C=O) groups excluding carboxylic acids is 3. The molecule has 1 saturated carbocycles.